The molecule has 1 aromatic carbocycles. The molecule has 1 aliphatic heterocycles. The molecule has 3 aromatic rings. The minimum absolute atomic E-state index is 0.204. The molecular weight excluding hydrogens is 332 g/mol. The molecule has 26 heavy (non-hydrogen) atoms. The molecule has 0 saturated heterocycles. The number of hydrogen-bond acceptors (Lipinski definition) is 8. The SMILES string of the molecule is Cc1cccc(Cc2cc(N=O)n(-c3cc(C4=NNNN4)ccn3)n2)c1. The van der Waals surface area contributed by atoms with Crippen LogP contribution in [0.15, 0.2) is 58.9 Å². The van der Waals surface area contributed by atoms with Crippen LogP contribution in [0, 0.1) is 11.8 Å². The lowest BCUT2D eigenvalue weighted by molar-refractivity contribution is 0.577. The number of hydrazone groups is 1. The Balaban J connectivity index is 1.67. The lowest BCUT2D eigenvalue weighted by Gasteiger charge is -2.05. The van der Waals surface area contributed by atoms with Crippen LogP contribution < -0.4 is 16.5 Å². The van der Waals surface area contributed by atoms with E-state index in [-0.39, 0.29) is 5.82 Å². The van der Waals surface area contributed by atoms with Crippen molar-refractivity contribution in [3.05, 3.63) is 76.0 Å². The monoisotopic (exact) mass is 348 g/mol. The van der Waals surface area contributed by atoms with Crippen LogP contribution in [0.5, 0.6) is 0 Å². The molecule has 2 aromatic heterocycles. The third-order valence-electron chi connectivity index (χ3n) is 3.94. The third-order valence-corrected chi connectivity index (χ3v) is 3.94. The molecule has 0 spiro atoms. The van der Waals surface area contributed by atoms with E-state index >= 15 is 0 Å². The molecule has 0 fully saturated rings. The highest BCUT2D eigenvalue weighted by molar-refractivity contribution is 5.99. The predicted octanol–water partition coefficient (Wildman–Crippen LogP) is 1.84. The zero-order valence-corrected chi connectivity index (χ0v) is 14.0. The van der Waals surface area contributed by atoms with Crippen LogP contribution in [0.3, 0.4) is 0 Å². The number of pyridine rings is 1. The van der Waals surface area contributed by atoms with Crippen LogP contribution in [0.1, 0.15) is 22.4 Å². The first-order valence-corrected chi connectivity index (χ1v) is 8.01. The average Bonchev–Trinajstić information content (AvgIpc) is 3.32. The van der Waals surface area contributed by atoms with Crippen LogP contribution in [0.2, 0.25) is 0 Å². The maximum Gasteiger partial charge on any atom is 0.201 e. The molecular formula is C17H16N8O. The fourth-order valence-electron chi connectivity index (χ4n) is 2.79. The van der Waals surface area contributed by atoms with Gasteiger partial charge in [0.2, 0.25) is 5.82 Å². The Morgan fingerprint density at radius 3 is 2.88 bits per heavy atom. The molecule has 0 unspecified atom stereocenters. The Labute approximate surface area is 149 Å². The summed E-state index contributed by atoms with van der Waals surface area (Å²) in [7, 11) is 0. The predicted molar refractivity (Wildman–Crippen MR) is 96.7 cm³/mol. The molecule has 0 atom stereocenters. The lowest BCUT2D eigenvalue weighted by Crippen LogP contribution is -2.35. The summed E-state index contributed by atoms with van der Waals surface area (Å²) in [5.74, 6) is 1.31. The van der Waals surface area contributed by atoms with Crippen molar-refractivity contribution in [1.29, 1.82) is 0 Å². The number of aromatic nitrogens is 3. The number of nitrogens with zero attached hydrogens (tertiary/aromatic N) is 5. The summed E-state index contributed by atoms with van der Waals surface area (Å²) in [5.41, 5.74) is 12.0. The van der Waals surface area contributed by atoms with Gasteiger partial charge in [0, 0.05) is 24.2 Å². The summed E-state index contributed by atoms with van der Waals surface area (Å²) in [6.45, 7) is 2.04. The molecule has 4 rings (SSSR count). The van der Waals surface area contributed by atoms with Crippen molar-refractivity contribution in [2.75, 3.05) is 0 Å². The van der Waals surface area contributed by atoms with Crippen LogP contribution in [-0.4, -0.2) is 20.6 Å². The summed E-state index contributed by atoms with van der Waals surface area (Å²) in [5, 5.41) is 11.7. The fourth-order valence-corrected chi connectivity index (χ4v) is 2.79. The summed E-state index contributed by atoms with van der Waals surface area (Å²) in [6, 6.07) is 13.4. The molecule has 3 heterocycles. The quantitative estimate of drug-likeness (QED) is 0.607. The highest BCUT2D eigenvalue weighted by atomic mass is 16.3. The Morgan fingerprint density at radius 1 is 1.19 bits per heavy atom. The fraction of sp³-hybridized carbons (Fsp3) is 0.118. The molecule has 0 aliphatic carbocycles. The van der Waals surface area contributed by atoms with Crippen molar-refractivity contribution in [2.24, 2.45) is 10.3 Å². The number of aryl methyl sites for hydroxylation is 1. The second kappa shape index (κ2) is 6.73. The molecule has 0 bridgehead atoms. The topological polar surface area (TPSA) is 109 Å². The zero-order chi connectivity index (χ0) is 17.9. The van der Waals surface area contributed by atoms with Gasteiger partial charge in [0.05, 0.1) is 5.69 Å². The van der Waals surface area contributed by atoms with E-state index in [9.17, 15) is 4.91 Å². The maximum atomic E-state index is 11.3. The van der Waals surface area contributed by atoms with Gasteiger partial charge in [-0.05, 0) is 29.8 Å². The number of benzene rings is 1. The Bertz CT molecular complexity index is 994. The van der Waals surface area contributed by atoms with Crippen molar-refractivity contribution in [1.82, 2.24) is 31.3 Å². The largest absolute Gasteiger partial charge is 0.285 e. The molecule has 9 heteroatoms. The van der Waals surface area contributed by atoms with Gasteiger partial charge in [0.15, 0.2) is 11.7 Å². The average molecular weight is 348 g/mol. The molecule has 9 nitrogen and oxygen atoms in total. The first kappa shape index (κ1) is 15.9. The standard InChI is InChI=1S/C17H16N8O/c1-11-3-2-4-12(7-11)8-14-10-16(22-26)25(21-14)15-9-13(5-6-18-15)17-19-23-24-20-17/h2-7,9-10,23-24H,8H2,1H3,(H,19,20). The van der Waals surface area contributed by atoms with E-state index in [1.165, 1.54) is 10.2 Å². The Kier molecular flexibility index (Phi) is 4.12. The second-order valence-corrected chi connectivity index (χ2v) is 5.89. The van der Waals surface area contributed by atoms with E-state index in [0.29, 0.717) is 18.1 Å². The van der Waals surface area contributed by atoms with Crippen LogP contribution >= 0.6 is 0 Å². The van der Waals surface area contributed by atoms with E-state index in [0.717, 1.165) is 16.8 Å². The van der Waals surface area contributed by atoms with Crippen LogP contribution in [0.25, 0.3) is 5.82 Å². The van der Waals surface area contributed by atoms with Crippen molar-refractivity contribution in [2.45, 2.75) is 13.3 Å². The molecule has 0 saturated carbocycles. The van der Waals surface area contributed by atoms with Gasteiger partial charge in [0.25, 0.3) is 0 Å². The van der Waals surface area contributed by atoms with E-state index in [2.05, 4.69) is 42.9 Å². The number of nitroso groups, excluding NO2 is 1. The van der Waals surface area contributed by atoms with Crippen LogP contribution in [0.4, 0.5) is 5.82 Å². The molecule has 130 valence electrons. The van der Waals surface area contributed by atoms with Gasteiger partial charge in [-0.15, -0.1) is 15.5 Å². The van der Waals surface area contributed by atoms with E-state index in [1.54, 1.807) is 24.4 Å². The highest BCUT2D eigenvalue weighted by Gasteiger charge is 2.14. The van der Waals surface area contributed by atoms with E-state index in [4.69, 9.17) is 0 Å². The van der Waals surface area contributed by atoms with Crippen molar-refractivity contribution in [3.63, 3.8) is 0 Å². The van der Waals surface area contributed by atoms with Gasteiger partial charge >= 0.3 is 0 Å². The number of rotatable bonds is 5. The Hall–Kier alpha value is -3.59. The van der Waals surface area contributed by atoms with Gasteiger partial charge in [-0.1, -0.05) is 29.8 Å². The first-order chi connectivity index (χ1) is 12.7. The smallest absolute Gasteiger partial charge is 0.201 e. The number of hydrogen-bond donors (Lipinski definition) is 3. The molecule has 1 aliphatic rings. The van der Waals surface area contributed by atoms with E-state index in [1.807, 2.05) is 25.1 Å². The molecule has 0 amide bonds. The van der Waals surface area contributed by atoms with Crippen molar-refractivity contribution in [3.8, 4) is 5.82 Å². The zero-order valence-electron chi connectivity index (χ0n) is 14.0. The van der Waals surface area contributed by atoms with Gasteiger partial charge in [0.1, 0.15) is 0 Å². The maximum absolute atomic E-state index is 11.3. The number of nitrogens with one attached hydrogen (secondary N) is 3. The minimum Gasteiger partial charge on any atom is -0.285 e. The summed E-state index contributed by atoms with van der Waals surface area (Å²) >= 11 is 0. The van der Waals surface area contributed by atoms with Gasteiger partial charge < -0.3 is 0 Å². The van der Waals surface area contributed by atoms with Crippen molar-refractivity contribution >= 4 is 11.7 Å². The highest BCUT2D eigenvalue weighted by Crippen LogP contribution is 2.21. The lowest BCUT2D eigenvalue weighted by atomic mass is 10.1. The van der Waals surface area contributed by atoms with E-state index < -0.39 is 0 Å². The summed E-state index contributed by atoms with van der Waals surface area (Å²) in [4.78, 5) is 15.6. The van der Waals surface area contributed by atoms with Gasteiger partial charge in [-0.2, -0.15) is 9.78 Å². The number of amidine groups is 1. The van der Waals surface area contributed by atoms with Gasteiger partial charge in [-0.3, -0.25) is 5.43 Å². The summed E-state index contributed by atoms with van der Waals surface area (Å²) < 4.78 is 1.44. The Morgan fingerprint density at radius 2 is 2.12 bits per heavy atom. The normalized spacial score (nSPS) is 13.0. The molecule has 0 radical (unpaired) electrons. The van der Waals surface area contributed by atoms with Crippen LogP contribution in [-0.2, 0) is 6.42 Å². The van der Waals surface area contributed by atoms with Gasteiger partial charge in [-0.25, -0.2) is 10.5 Å². The van der Waals surface area contributed by atoms with Crippen molar-refractivity contribution < 1.29 is 0 Å². The first-order valence-electron chi connectivity index (χ1n) is 8.01. The summed E-state index contributed by atoms with van der Waals surface area (Å²) in [6.07, 6.45) is 2.24. The minimum atomic E-state index is 0.204. The molecule has 3 N–H and O–H groups in total. The third kappa shape index (κ3) is 3.15. The second-order valence-electron chi connectivity index (χ2n) is 5.89. The number of hydrazine groups is 2.